The van der Waals surface area contributed by atoms with Gasteiger partial charge < -0.3 is 4.90 Å². The number of amides is 1. The van der Waals surface area contributed by atoms with E-state index in [1.807, 2.05) is 18.2 Å². The highest BCUT2D eigenvalue weighted by atomic mass is 35.5. The van der Waals surface area contributed by atoms with E-state index in [9.17, 15) is 18.0 Å². The maximum atomic E-state index is 14.3. The number of piperidine rings is 1. The van der Waals surface area contributed by atoms with Crippen molar-refractivity contribution in [3.05, 3.63) is 112 Å². The van der Waals surface area contributed by atoms with Gasteiger partial charge in [-0.1, -0.05) is 66.5 Å². The first-order chi connectivity index (χ1) is 17.5. The Morgan fingerprint density at radius 1 is 1.08 bits per heavy atom. The summed E-state index contributed by atoms with van der Waals surface area (Å²) in [5.41, 5.74) is 0.731. The minimum absolute atomic E-state index is 0.180. The zero-order chi connectivity index (χ0) is 26.8. The number of aromatic nitrogens is 1. The first kappa shape index (κ1) is 27.2. The Morgan fingerprint density at radius 3 is 2.41 bits per heavy atom. The van der Waals surface area contributed by atoms with Crippen molar-refractivity contribution < 1.29 is 18.0 Å². The van der Waals surface area contributed by atoms with Gasteiger partial charge in [-0.3, -0.25) is 9.78 Å². The van der Waals surface area contributed by atoms with Gasteiger partial charge in [-0.2, -0.15) is 13.2 Å². The first-order valence-corrected chi connectivity index (χ1v) is 12.7. The van der Waals surface area contributed by atoms with Crippen LogP contribution in [0, 0.1) is 5.41 Å². The van der Waals surface area contributed by atoms with E-state index in [1.165, 1.54) is 17.2 Å². The Hall–Kier alpha value is -2.83. The molecule has 0 saturated carbocycles. The summed E-state index contributed by atoms with van der Waals surface area (Å²) in [4.78, 5) is 19.9. The number of alkyl halides is 3. The molecule has 1 aliphatic heterocycles. The highest BCUT2D eigenvalue weighted by Gasteiger charge is 2.53. The molecule has 1 fully saturated rings. The third-order valence-electron chi connectivity index (χ3n) is 6.98. The van der Waals surface area contributed by atoms with Gasteiger partial charge in [0.05, 0.1) is 29.6 Å². The molecule has 4 rings (SSSR count). The molecule has 0 aliphatic carbocycles. The fourth-order valence-corrected chi connectivity index (χ4v) is 5.69. The summed E-state index contributed by atoms with van der Waals surface area (Å²) in [6, 6.07) is 17.0. The maximum absolute atomic E-state index is 14.3. The van der Waals surface area contributed by atoms with Crippen LogP contribution in [0.25, 0.3) is 0 Å². The van der Waals surface area contributed by atoms with Crippen molar-refractivity contribution in [1.82, 2.24) is 9.88 Å². The number of hydrogen-bond acceptors (Lipinski definition) is 2. The van der Waals surface area contributed by atoms with Crippen LogP contribution in [0.5, 0.6) is 0 Å². The van der Waals surface area contributed by atoms with Crippen molar-refractivity contribution in [2.75, 3.05) is 0 Å². The van der Waals surface area contributed by atoms with Crippen LogP contribution in [-0.2, 0) is 4.79 Å². The molecule has 0 N–H and O–H groups in total. The molecule has 3 nitrogen and oxygen atoms in total. The third-order valence-corrected chi connectivity index (χ3v) is 7.46. The molecule has 194 valence electrons. The molecule has 1 saturated heterocycles. The van der Waals surface area contributed by atoms with Gasteiger partial charge in [-0.15, -0.1) is 6.58 Å². The van der Waals surface area contributed by atoms with Crippen LogP contribution >= 0.6 is 23.2 Å². The van der Waals surface area contributed by atoms with E-state index in [-0.39, 0.29) is 17.5 Å². The maximum Gasteiger partial charge on any atom is 0.391 e. The van der Waals surface area contributed by atoms with Crippen molar-refractivity contribution in [3.8, 4) is 0 Å². The average Bonchev–Trinajstić information content (AvgIpc) is 2.85. The Balaban J connectivity index is 1.98. The Labute approximate surface area is 224 Å². The lowest BCUT2D eigenvalue weighted by atomic mass is 9.67. The number of halogens is 5. The van der Waals surface area contributed by atoms with Crippen molar-refractivity contribution in [2.24, 2.45) is 5.41 Å². The Bertz CT molecular complexity index is 1250. The average molecular weight is 547 g/mol. The van der Waals surface area contributed by atoms with Gasteiger partial charge in [0.15, 0.2) is 0 Å². The van der Waals surface area contributed by atoms with Crippen LogP contribution in [0.15, 0.2) is 85.6 Å². The summed E-state index contributed by atoms with van der Waals surface area (Å²) >= 11 is 12.5. The van der Waals surface area contributed by atoms with Crippen LogP contribution in [0.2, 0.25) is 10.0 Å². The van der Waals surface area contributed by atoms with Crippen molar-refractivity contribution in [1.29, 1.82) is 0 Å². The molecular formula is C29H27Cl2F3N2O. The Morgan fingerprint density at radius 2 is 1.81 bits per heavy atom. The number of rotatable bonds is 7. The van der Waals surface area contributed by atoms with E-state index in [0.29, 0.717) is 28.5 Å². The zero-order valence-electron chi connectivity index (χ0n) is 20.3. The molecule has 1 aliphatic rings. The minimum atomic E-state index is -4.54. The predicted octanol–water partition coefficient (Wildman–Crippen LogP) is 8.72. The summed E-state index contributed by atoms with van der Waals surface area (Å²) in [6.45, 7) is 5.62. The number of pyridine rings is 1. The summed E-state index contributed by atoms with van der Waals surface area (Å²) in [5, 5.41) is 1.00. The lowest BCUT2D eigenvalue weighted by Crippen LogP contribution is -2.53. The highest BCUT2D eigenvalue weighted by molar-refractivity contribution is 6.30. The quantitative estimate of drug-likeness (QED) is 0.277. The lowest BCUT2D eigenvalue weighted by Gasteiger charge is -2.52. The van der Waals surface area contributed by atoms with Gasteiger partial charge in [0, 0.05) is 22.2 Å². The summed E-state index contributed by atoms with van der Waals surface area (Å²) in [5.74, 6) is -0.715. The molecule has 1 aromatic heterocycles. The standard InChI is InChI=1S/C29H27Cl2F3N2O/c1-3-14-28(2)17-23(20-7-6-8-22(31)16-20)26(19-10-12-21(30)13-11-19)36(27(28)37)25(18-29(32,33)34)24-9-4-5-15-35-24/h3-13,15-16,23,25-26H,1,14,17-18H2,2H3/t23-,25-,26-,28?/m1/s1. The van der Waals surface area contributed by atoms with E-state index in [0.717, 1.165) is 5.56 Å². The van der Waals surface area contributed by atoms with Crippen molar-refractivity contribution in [2.45, 2.75) is 50.4 Å². The monoisotopic (exact) mass is 546 g/mol. The van der Waals surface area contributed by atoms with Gasteiger partial charge in [-0.05, 0) is 60.4 Å². The van der Waals surface area contributed by atoms with Crippen LogP contribution in [0.4, 0.5) is 13.2 Å². The number of carbonyl (C=O) groups is 1. The van der Waals surface area contributed by atoms with E-state index in [4.69, 9.17) is 23.2 Å². The molecule has 8 heteroatoms. The molecule has 2 heterocycles. The van der Waals surface area contributed by atoms with Gasteiger partial charge in [0.25, 0.3) is 0 Å². The molecule has 4 atom stereocenters. The summed E-state index contributed by atoms with van der Waals surface area (Å²) < 4.78 is 42.2. The number of allylic oxidation sites excluding steroid dienone is 1. The highest BCUT2D eigenvalue weighted by Crippen LogP contribution is 2.54. The number of hydrogen-bond donors (Lipinski definition) is 0. The molecule has 37 heavy (non-hydrogen) atoms. The molecule has 1 amide bonds. The molecule has 3 aromatic rings. The molecule has 2 aromatic carbocycles. The molecule has 0 spiro atoms. The second-order valence-electron chi connectivity index (χ2n) is 9.72. The van der Waals surface area contributed by atoms with Crippen LogP contribution in [0.1, 0.15) is 61.0 Å². The van der Waals surface area contributed by atoms with Gasteiger partial charge in [0.2, 0.25) is 5.91 Å². The number of nitrogens with zero attached hydrogens (tertiary/aromatic N) is 2. The fourth-order valence-electron chi connectivity index (χ4n) is 5.37. The topological polar surface area (TPSA) is 33.2 Å². The number of carbonyl (C=O) groups excluding carboxylic acids is 1. The second kappa shape index (κ2) is 10.9. The minimum Gasteiger partial charge on any atom is -0.326 e. The lowest BCUT2D eigenvalue weighted by molar-refractivity contribution is -0.171. The zero-order valence-corrected chi connectivity index (χ0v) is 21.8. The Kier molecular flexibility index (Phi) is 8.00. The predicted molar refractivity (Wildman–Crippen MR) is 140 cm³/mol. The second-order valence-corrected chi connectivity index (χ2v) is 10.6. The van der Waals surface area contributed by atoms with Crippen LogP contribution in [-0.4, -0.2) is 22.0 Å². The van der Waals surface area contributed by atoms with Gasteiger partial charge >= 0.3 is 6.18 Å². The first-order valence-electron chi connectivity index (χ1n) is 11.9. The van der Waals surface area contributed by atoms with Gasteiger partial charge in [-0.25, -0.2) is 0 Å². The van der Waals surface area contributed by atoms with E-state index in [1.54, 1.807) is 55.5 Å². The van der Waals surface area contributed by atoms with Crippen molar-refractivity contribution in [3.63, 3.8) is 0 Å². The van der Waals surface area contributed by atoms with Gasteiger partial charge in [0.1, 0.15) is 0 Å². The van der Waals surface area contributed by atoms with Crippen LogP contribution < -0.4 is 0 Å². The fraction of sp³-hybridized carbons (Fsp3) is 0.310. The van der Waals surface area contributed by atoms with Crippen molar-refractivity contribution >= 4 is 29.1 Å². The number of benzene rings is 2. The smallest absolute Gasteiger partial charge is 0.326 e. The van der Waals surface area contributed by atoms with E-state index in [2.05, 4.69) is 11.6 Å². The third kappa shape index (κ3) is 6.02. The SMILES string of the molecule is C=CCC1(C)C[C@H](c2cccc(Cl)c2)[C@@H](c2ccc(Cl)cc2)N([C@H](CC(F)(F)F)c2ccccn2)C1=O. The normalized spacial score (nSPS) is 23.1. The van der Waals surface area contributed by atoms with E-state index >= 15 is 0 Å². The largest absolute Gasteiger partial charge is 0.391 e. The molecule has 1 unspecified atom stereocenters. The van der Waals surface area contributed by atoms with Crippen LogP contribution in [0.3, 0.4) is 0 Å². The summed E-state index contributed by atoms with van der Waals surface area (Å²) in [7, 11) is 0. The molecule has 0 bridgehead atoms. The number of likely N-dealkylation sites (tertiary alicyclic amines) is 1. The molecular weight excluding hydrogens is 520 g/mol. The van der Waals surface area contributed by atoms with E-state index < -0.39 is 30.1 Å². The molecule has 0 radical (unpaired) electrons. The summed E-state index contributed by atoms with van der Waals surface area (Å²) in [6.07, 6.45) is -1.96.